The predicted molar refractivity (Wildman–Crippen MR) is 80.1 cm³/mol. The Bertz CT molecular complexity index is 328. The molecule has 0 aromatic carbocycles. The Hall–Kier alpha value is -0.180. The fourth-order valence-corrected chi connectivity index (χ4v) is 4.91. The maximum absolute atomic E-state index is 4.95. The van der Waals surface area contributed by atoms with Crippen LogP contribution < -0.4 is 5.32 Å². The molecule has 1 aliphatic heterocycles. The zero-order valence-electron chi connectivity index (χ0n) is 11.7. The van der Waals surface area contributed by atoms with E-state index in [1.807, 2.05) is 11.8 Å². The Morgan fingerprint density at radius 3 is 2.83 bits per heavy atom. The van der Waals surface area contributed by atoms with Crippen LogP contribution in [-0.2, 0) is 0 Å². The average Bonchev–Trinajstić information content (AvgIpc) is 2.81. The molecule has 0 saturated heterocycles. The van der Waals surface area contributed by atoms with Gasteiger partial charge in [-0.2, -0.15) is 0 Å². The van der Waals surface area contributed by atoms with Gasteiger partial charge in [0, 0.05) is 11.8 Å². The summed E-state index contributed by atoms with van der Waals surface area (Å²) in [5.74, 6) is 3.95. The molecule has 2 fully saturated rings. The van der Waals surface area contributed by atoms with Crippen molar-refractivity contribution < 1.29 is 0 Å². The van der Waals surface area contributed by atoms with Crippen LogP contribution in [0.25, 0.3) is 0 Å². The summed E-state index contributed by atoms with van der Waals surface area (Å²) in [5, 5.41) is 4.99. The average molecular weight is 266 g/mol. The zero-order valence-corrected chi connectivity index (χ0v) is 12.5. The third kappa shape index (κ3) is 2.71. The van der Waals surface area contributed by atoms with E-state index in [0.717, 1.165) is 17.8 Å². The van der Waals surface area contributed by atoms with Crippen LogP contribution in [0.5, 0.6) is 0 Å². The standard InChI is InChI=1S/C15H26N2S/c1-10-6-7-13(8-11(10)2)16-15-17-14-5-3-4-12(14)9-18-15/h10-14H,3-9H2,1-2H3,(H,16,17). The summed E-state index contributed by atoms with van der Waals surface area (Å²) in [6, 6.07) is 1.33. The lowest BCUT2D eigenvalue weighted by Crippen LogP contribution is -2.41. The lowest BCUT2D eigenvalue weighted by molar-refractivity contribution is 0.240. The van der Waals surface area contributed by atoms with E-state index in [9.17, 15) is 0 Å². The van der Waals surface area contributed by atoms with Crippen molar-refractivity contribution in [2.45, 2.75) is 64.5 Å². The SMILES string of the molecule is CC1CCC(NC2=NC3CCCC3CS2)CC1C. The lowest BCUT2D eigenvalue weighted by Gasteiger charge is -2.34. The summed E-state index contributed by atoms with van der Waals surface area (Å²) >= 11 is 1.97. The first-order valence-electron chi connectivity index (χ1n) is 7.69. The molecule has 2 saturated carbocycles. The number of thioether (sulfide) groups is 1. The Kier molecular flexibility index (Phi) is 3.88. The van der Waals surface area contributed by atoms with Gasteiger partial charge in [-0.15, -0.1) is 0 Å². The maximum Gasteiger partial charge on any atom is 0.157 e. The van der Waals surface area contributed by atoms with Gasteiger partial charge in [0.2, 0.25) is 0 Å². The van der Waals surface area contributed by atoms with Gasteiger partial charge in [-0.3, -0.25) is 4.99 Å². The molecule has 0 radical (unpaired) electrons. The van der Waals surface area contributed by atoms with Gasteiger partial charge >= 0.3 is 0 Å². The van der Waals surface area contributed by atoms with Crippen molar-refractivity contribution >= 4 is 16.9 Å². The third-order valence-electron chi connectivity index (χ3n) is 5.26. The van der Waals surface area contributed by atoms with E-state index in [2.05, 4.69) is 19.2 Å². The topological polar surface area (TPSA) is 24.4 Å². The van der Waals surface area contributed by atoms with E-state index >= 15 is 0 Å². The van der Waals surface area contributed by atoms with Crippen LogP contribution in [0.4, 0.5) is 0 Å². The smallest absolute Gasteiger partial charge is 0.157 e. The van der Waals surface area contributed by atoms with Crippen molar-refractivity contribution in [1.82, 2.24) is 5.32 Å². The number of amidine groups is 1. The first kappa shape index (κ1) is 12.8. The molecule has 3 heteroatoms. The largest absolute Gasteiger partial charge is 0.362 e. The van der Waals surface area contributed by atoms with E-state index in [4.69, 9.17) is 4.99 Å². The third-order valence-corrected chi connectivity index (χ3v) is 6.35. The number of hydrogen-bond acceptors (Lipinski definition) is 3. The molecule has 0 spiro atoms. The second kappa shape index (κ2) is 5.44. The minimum absolute atomic E-state index is 0.647. The molecule has 5 atom stereocenters. The Balaban J connectivity index is 1.56. The second-order valence-corrected chi connectivity index (χ2v) is 7.62. The summed E-state index contributed by atoms with van der Waals surface area (Å²) in [5.41, 5.74) is 0. The van der Waals surface area contributed by atoms with Crippen LogP contribution >= 0.6 is 11.8 Å². The summed E-state index contributed by atoms with van der Waals surface area (Å²) in [7, 11) is 0. The molecule has 0 bridgehead atoms. The minimum atomic E-state index is 0.647. The normalized spacial score (nSPS) is 44.3. The number of rotatable bonds is 1. The van der Waals surface area contributed by atoms with Crippen LogP contribution in [-0.4, -0.2) is 23.0 Å². The Morgan fingerprint density at radius 1 is 1.11 bits per heavy atom. The number of nitrogens with one attached hydrogen (secondary N) is 1. The van der Waals surface area contributed by atoms with E-state index < -0.39 is 0 Å². The molecular formula is C15H26N2S. The summed E-state index contributed by atoms with van der Waals surface area (Å²) in [4.78, 5) is 4.95. The van der Waals surface area contributed by atoms with Gasteiger partial charge in [0.1, 0.15) is 0 Å². The van der Waals surface area contributed by atoms with Gasteiger partial charge in [-0.1, -0.05) is 32.0 Å². The van der Waals surface area contributed by atoms with Crippen molar-refractivity contribution in [3.63, 3.8) is 0 Å². The van der Waals surface area contributed by atoms with Crippen LogP contribution in [0.2, 0.25) is 0 Å². The highest BCUT2D eigenvalue weighted by Crippen LogP contribution is 2.36. The van der Waals surface area contributed by atoms with Crippen molar-refractivity contribution in [2.24, 2.45) is 22.7 Å². The van der Waals surface area contributed by atoms with Crippen molar-refractivity contribution in [3.8, 4) is 0 Å². The molecule has 3 rings (SSSR count). The Morgan fingerprint density at radius 2 is 2.00 bits per heavy atom. The fraction of sp³-hybridized carbons (Fsp3) is 0.933. The Labute approximate surface area is 115 Å². The van der Waals surface area contributed by atoms with Crippen molar-refractivity contribution in [1.29, 1.82) is 0 Å². The summed E-state index contributed by atoms with van der Waals surface area (Å²) < 4.78 is 0. The van der Waals surface area contributed by atoms with Crippen LogP contribution in [0, 0.1) is 17.8 Å². The van der Waals surface area contributed by atoms with E-state index in [0.29, 0.717) is 12.1 Å². The molecular weight excluding hydrogens is 240 g/mol. The molecule has 18 heavy (non-hydrogen) atoms. The van der Waals surface area contributed by atoms with Crippen LogP contribution in [0.15, 0.2) is 4.99 Å². The fourth-order valence-electron chi connectivity index (χ4n) is 3.69. The summed E-state index contributed by atoms with van der Waals surface area (Å²) in [6.45, 7) is 4.80. The molecule has 2 nitrogen and oxygen atoms in total. The quantitative estimate of drug-likeness (QED) is 0.783. The molecule has 5 unspecified atom stereocenters. The maximum atomic E-state index is 4.95. The number of nitrogens with zero attached hydrogens (tertiary/aromatic N) is 1. The lowest BCUT2D eigenvalue weighted by atomic mass is 9.79. The summed E-state index contributed by atoms with van der Waals surface area (Å²) in [6.07, 6.45) is 8.17. The predicted octanol–water partition coefficient (Wildman–Crippen LogP) is 3.67. The van der Waals surface area contributed by atoms with Gasteiger partial charge in [0.15, 0.2) is 5.17 Å². The molecule has 1 heterocycles. The molecule has 0 amide bonds. The molecule has 0 aromatic rings. The number of fused-ring (bicyclic) bond motifs is 1. The van der Waals surface area contributed by atoms with Gasteiger partial charge in [-0.05, 0) is 49.9 Å². The second-order valence-electron chi connectivity index (χ2n) is 6.61. The minimum Gasteiger partial charge on any atom is -0.362 e. The number of aliphatic imine (C=N–C) groups is 1. The zero-order chi connectivity index (χ0) is 12.5. The molecule has 3 aliphatic rings. The molecule has 1 N–H and O–H groups in total. The van der Waals surface area contributed by atoms with Gasteiger partial charge in [-0.25, -0.2) is 0 Å². The number of hydrogen-bond donors (Lipinski definition) is 1. The first-order chi connectivity index (χ1) is 8.72. The monoisotopic (exact) mass is 266 g/mol. The van der Waals surface area contributed by atoms with Crippen molar-refractivity contribution in [2.75, 3.05) is 5.75 Å². The van der Waals surface area contributed by atoms with Crippen LogP contribution in [0.1, 0.15) is 52.4 Å². The van der Waals surface area contributed by atoms with E-state index in [1.165, 1.54) is 49.4 Å². The molecule has 0 aromatic heterocycles. The highest BCUT2D eigenvalue weighted by Gasteiger charge is 2.32. The first-order valence-corrected chi connectivity index (χ1v) is 8.68. The highest BCUT2D eigenvalue weighted by atomic mass is 32.2. The molecule has 2 aliphatic carbocycles. The van der Waals surface area contributed by atoms with E-state index in [1.54, 1.807) is 0 Å². The van der Waals surface area contributed by atoms with E-state index in [-0.39, 0.29) is 0 Å². The van der Waals surface area contributed by atoms with Crippen molar-refractivity contribution in [3.05, 3.63) is 0 Å². The van der Waals surface area contributed by atoms with Crippen LogP contribution in [0.3, 0.4) is 0 Å². The van der Waals surface area contributed by atoms with Gasteiger partial charge in [0.05, 0.1) is 6.04 Å². The molecule has 102 valence electrons. The highest BCUT2D eigenvalue weighted by molar-refractivity contribution is 8.13. The van der Waals surface area contributed by atoms with Gasteiger partial charge in [0.25, 0.3) is 0 Å². The van der Waals surface area contributed by atoms with Gasteiger partial charge < -0.3 is 5.32 Å².